The molecular formula is C13H18O3. The number of rotatable bonds is 4. The van der Waals surface area contributed by atoms with Gasteiger partial charge in [0.15, 0.2) is 0 Å². The summed E-state index contributed by atoms with van der Waals surface area (Å²) >= 11 is 0. The third-order valence-electron chi connectivity index (χ3n) is 2.72. The number of carbonyl (C=O) groups is 1. The minimum absolute atomic E-state index is 0.612. The van der Waals surface area contributed by atoms with Crippen LogP contribution < -0.4 is 4.74 Å². The first-order valence-corrected chi connectivity index (χ1v) is 5.37. The monoisotopic (exact) mass is 222 g/mol. The molecule has 0 unspecified atom stereocenters. The smallest absolute Gasteiger partial charge is 0.313 e. The third kappa shape index (κ3) is 2.35. The number of hydrogen-bond donors (Lipinski definition) is 1. The fourth-order valence-corrected chi connectivity index (χ4v) is 1.71. The van der Waals surface area contributed by atoms with E-state index in [1.54, 1.807) is 13.8 Å². The van der Waals surface area contributed by atoms with Gasteiger partial charge in [0.05, 0.1) is 12.0 Å². The van der Waals surface area contributed by atoms with E-state index >= 15 is 0 Å². The predicted octanol–water partition coefficient (Wildman–Crippen LogP) is 2.76. The molecule has 0 aliphatic heterocycles. The minimum Gasteiger partial charge on any atom is -0.494 e. The Bertz CT molecular complexity index is 394. The summed E-state index contributed by atoms with van der Waals surface area (Å²) in [6.07, 6.45) is 0. The number of ether oxygens (including phenoxy) is 1. The van der Waals surface area contributed by atoms with Crippen LogP contribution in [0.1, 0.15) is 31.9 Å². The van der Waals surface area contributed by atoms with Gasteiger partial charge in [-0.25, -0.2) is 0 Å². The average molecular weight is 222 g/mol. The van der Waals surface area contributed by atoms with Crippen molar-refractivity contribution in [1.82, 2.24) is 0 Å². The molecule has 0 saturated carbocycles. The first-order chi connectivity index (χ1) is 7.39. The summed E-state index contributed by atoms with van der Waals surface area (Å²) in [7, 11) is 0. The van der Waals surface area contributed by atoms with Crippen LogP contribution in [-0.4, -0.2) is 17.7 Å². The van der Waals surface area contributed by atoms with Gasteiger partial charge in [-0.2, -0.15) is 0 Å². The van der Waals surface area contributed by atoms with E-state index in [1.807, 2.05) is 32.0 Å². The first kappa shape index (κ1) is 12.6. The predicted molar refractivity (Wildman–Crippen MR) is 63.0 cm³/mol. The van der Waals surface area contributed by atoms with Gasteiger partial charge in [0.2, 0.25) is 0 Å². The number of aryl methyl sites for hydroxylation is 1. The van der Waals surface area contributed by atoms with Gasteiger partial charge in [-0.3, -0.25) is 4.79 Å². The van der Waals surface area contributed by atoms with Crippen molar-refractivity contribution in [1.29, 1.82) is 0 Å². The van der Waals surface area contributed by atoms with Crippen LogP contribution in [0.2, 0.25) is 0 Å². The van der Waals surface area contributed by atoms with E-state index in [1.165, 1.54) is 0 Å². The molecule has 0 spiro atoms. The van der Waals surface area contributed by atoms with E-state index in [9.17, 15) is 4.79 Å². The molecule has 1 aromatic carbocycles. The largest absolute Gasteiger partial charge is 0.494 e. The van der Waals surface area contributed by atoms with Gasteiger partial charge in [-0.05, 0) is 51.0 Å². The van der Waals surface area contributed by atoms with Crippen LogP contribution in [0.25, 0.3) is 0 Å². The molecule has 0 fully saturated rings. The van der Waals surface area contributed by atoms with Gasteiger partial charge in [-0.1, -0.05) is 6.07 Å². The summed E-state index contributed by atoms with van der Waals surface area (Å²) in [5, 5.41) is 9.16. The molecule has 1 aromatic rings. The summed E-state index contributed by atoms with van der Waals surface area (Å²) in [5.74, 6) is -0.0373. The number of benzene rings is 1. The standard InChI is InChI=1S/C13H18O3/c1-5-16-10-6-7-11(9(2)8-10)13(3,4)12(14)15/h6-8H,5H2,1-4H3,(H,14,15). The van der Waals surface area contributed by atoms with E-state index in [0.29, 0.717) is 6.61 Å². The fraction of sp³-hybridized carbons (Fsp3) is 0.462. The van der Waals surface area contributed by atoms with Crippen molar-refractivity contribution < 1.29 is 14.6 Å². The molecule has 0 radical (unpaired) electrons. The second-order valence-corrected chi connectivity index (χ2v) is 4.34. The highest BCUT2D eigenvalue weighted by molar-refractivity contribution is 5.80. The van der Waals surface area contributed by atoms with Crippen molar-refractivity contribution in [2.45, 2.75) is 33.1 Å². The lowest BCUT2D eigenvalue weighted by molar-refractivity contribution is -0.142. The fourth-order valence-electron chi connectivity index (χ4n) is 1.71. The molecule has 1 rings (SSSR count). The van der Waals surface area contributed by atoms with Crippen molar-refractivity contribution in [3.63, 3.8) is 0 Å². The van der Waals surface area contributed by atoms with Crippen molar-refractivity contribution in [2.75, 3.05) is 6.61 Å². The van der Waals surface area contributed by atoms with E-state index in [2.05, 4.69) is 0 Å². The van der Waals surface area contributed by atoms with Crippen LogP contribution in [0, 0.1) is 6.92 Å². The molecule has 0 bridgehead atoms. The molecule has 0 aliphatic rings. The molecule has 1 N–H and O–H groups in total. The van der Waals surface area contributed by atoms with Crippen molar-refractivity contribution in [2.24, 2.45) is 0 Å². The van der Waals surface area contributed by atoms with E-state index < -0.39 is 11.4 Å². The number of hydrogen-bond acceptors (Lipinski definition) is 2. The van der Waals surface area contributed by atoms with Crippen molar-refractivity contribution in [3.8, 4) is 5.75 Å². The zero-order chi connectivity index (χ0) is 12.3. The Labute approximate surface area is 96.1 Å². The molecule has 0 aliphatic carbocycles. The van der Waals surface area contributed by atoms with Crippen LogP contribution in [-0.2, 0) is 10.2 Å². The lowest BCUT2D eigenvalue weighted by atomic mass is 9.82. The van der Waals surface area contributed by atoms with Gasteiger partial charge in [-0.15, -0.1) is 0 Å². The molecule has 0 saturated heterocycles. The Balaban J connectivity index is 3.13. The summed E-state index contributed by atoms with van der Waals surface area (Å²) in [6.45, 7) is 7.85. The van der Waals surface area contributed by atoms with Crippen LogP contribution >= 0.6 is 0 Å². The zero-order valence-electron chi connectivity index (χ0n) is 10.2. The Morgan fingerprint density at radius 2 is 2.06 bits per heavy atom. The maximum absolute atomic E-state index is 11.2. The zero-order valence-corrected chi connectivity index (χ0v) is 10.2. The van der Waals surface area contributed by atoms with E-state index in [4.69, 9.17) is 9.84 Å². The van der Waals surface area contributed by atoms with Crippen molar-refractivity contribution >= 4 is 5.97 Å². The van der Waals surface area contributed by atoms with Gasteiger partial charge in [0.1, 0.15) is 5.75 Å². The maximum Gasteiger partial charge on any atom is 0.313 e. The lowest BCUT2D eigenvalue weighted by Gasteiger charge is -2.22. The van der Waals surface area contributed by atoms with Gasteiger partial charge in [0.25, 0.3) is 0 Å². The molecule has 16 heavy (non-hydrogen) atoms. The quantitative estimate of drug-likeness (QED) is 0.852. The van der Waals surface area contributed by atoms with Crippen LogP contribution in [0.4, 0.5) is 0 Å². The summed E-state index contributed by atoms with van der Waals surface area (Å²) in [6, 6.07) is 5.52. The first-order valence-electron chi connectivity index (χ1n) is 5.37. The summed E-state index contributed by atoms with van der Waals surface area (Å²) < 4.78 is 5.37. The van der Waals surface area contributed by atoms with Gasteiger partial charge >= 0.3 is 5.97 Å². The Morgan fingerprint density at radius 1 is 1.44 bits per heavy atom. The van der Waals surface area contributed by atoms with E-state index in [0.717, 1.165) is 16.9 Å². The molecule has 3 heteroatoms. The van der Waals surface area contributed by atoms with Crippen LogP contribution in [0.3, 0.4) is 0 Å². The highest BCUT2D eigenvalue weighted by Crippen LogP contribution is 2.29. The molecule has 0 atom stereocenters. The normalized spacial score (nSPS) is 11.2. The van der Waals surface area contributed by atoms with E-state index in [-0.39, 0.29) is 0 Å². The van der Waals surface area contributed by atoms with Crippen LogP contribution in [0.15, 0.2) is 18.2 Å². The van der Waals surface area contributed by atoms with Crippen molar-refractivity contribution in [3.05, 3.63) is 29.3 Å². The molecule has 88 valence electrons. The van der Waals surface area contributed by atoms with Crippen LogP contribution in [0.5, 0.6) is 5.75 Å². The summed E-state index contributed by atoms with van der Waals surface area (Å²) in [5.41, 5.74) is 0.899. The second-order valence-electron chi connectivity index (χ2n) is 4.34. The number of carboxylic acid groups (broad SMARTS) is 1. The van der Waals surface area contributed by atoms with Gasteiger partial charge in [0, 0.05) is 0 Å². The van der Waals surface area contributed by atoms with Gasteiger partial charge < -0.3 is 9.84 Å². The minimum atomic E-state index is -0.866. The molecule has 3 nitrogen and oxygen atoms in total. The SMILES string of the molecule is CCOc1ccc(C(C)(C)C(=O)O)c(C)c1. The maximum atomic E-state index is 11.2. The Morgan fingerprint density at radius 3 is 2.50 bits per heavy atom. The Hall–Kier alpha value is -1.51. The lowest BCUT2D eigenvalue weighted by Crippen LogP contribution is -2.29. The third-order valence-corrected chi connectivity index (χ3v) is 2.72. The number of aliphatic carboxylic acids is 1. The Kier molecular flexibility index (Phi) is 3.58. The average Bonchev–Trinajstić information content (AvgIpc) is 2.17. The highest BCUT2D eigenvalue weighted by atomic mass is 16.5. The summed E-state index contributed by atoms with van der Waals surface area (Å²) in [4.78, 5) is 11.2. The molecule has 0 amide bonds. The molecule has 0 aromatic heterocycles. The number of carboxylic acids is 1. The molecular weight excluding hydrogens is 204 g/mol. The topological polar surface area (TPSA) is 46.5 Å². The molecule has 0 heterocycles. The second kappa shape index (κ2) is 4.56. The highest BCUT2D eigenvalue weighted by Gasteiger charge is 2.30.